The highest BCUT2D eigenvalue weighted by Gasteiger charge is 2.76. The minimum absolute atomic E-state index is 0.101. The molecule has 0 amide bonds. The van der Waals surface area contributed by atoms with E-state index >= 15 is 0 Å². The quantitative estimate of drug-likeness (QED) is 0.389. The van der Waals surface area contributed by atoms with Crippen LogP contribution in [-0.4, -0.2) is 11.3 Å². The van der Waals surface area contributed by atoms with Gasteiger partial charge in [-0.25, -0.2) is 0 Å². The average Bonchev–Trinajstić information content (AvgIpc) is 3.13. The van der Waals surface area contributed by atoms with Crippen molar-refractivity contribution in [2.45, 2.75) is 80.6 Å². The molecule has 1 aliphatic carbocycles. The molecule has 0 N–H and O–H groups in total. The minimum atomic E-state index is -2.70. The van der Waals surface area contributed by atoms with Crippen molar-refractivity contribution in [1.82, 2.24) is 0 Å². The normalized spacial score (nSPS) is 51.9. The fourth-order valence-corrected chi connectivity index (χ4v) is 17.7. The van der Waals surface area contributed by atoms with Crippen LogP contribution in [0.3, 0.4) is 0 Å². The molecule has 146 valence electrons. The molecule has 0 aromatic heterocycles. The Bertz CT molecular complexity index is 1020. The van der Waals surface area contributed by atoms with Gasteiger partial charge in [0.05, 0.1) is 0 Å². The lowest BCUT2D eigenvalue weighted by Gasteiger charge is -2.44. The first kappa shape index (κ1) is 18.4. The molecular weight excluding hydrogens is 370 g/mol. The summed E-state index contributed by atoms with van der Waals surface area (Å²) in [5.74, 6) is 0. The summed E-state index contributed by atoms with van der Waals surface area (Å²) in [5.41, 5.74) is 4.99. The molecule has 4 aliphatic heterocycles. The zero-order valence-corrected chi connectivity index (χ0v) is 20.2. The molecule has 0 saturated carbocycles. The van der Waals surface area contributed by atoms with Crippen molar-refractivity contribution in [3.8, 4) is 0 Å². The van der Waals surface area contributed by atoms with Crippen molar-refractivity contribution >= 4 is 14.3 Å². The lowest BCUT2D eigenvalue weighted by molar-refractivity contribution is 0.327. The second-order valence-corrected chi connectivity index (χ2v) is 17.0. The Hall–Kier alpha value is -0.580. The van der Waals surface area contributed by atoms with Crippen LogP contribution < -0.4 is 0 Å². The van der Waals surface area contributed by atoms with E-state index in [0.717, 1.165) is 21.3 Å². The van der Waals surface area contributed by atoms with Gasteiger partial charge >= 0.3 is 0 Å². The van der Waals surface area contributed by atoms with Crippen molar-refractivity contribution in [3.05, 3.63) is 43.5 Å². The van der Waals surface area contributed by atoms with Crippen LogP contribution in [0, 0.1) is 16.2 Å². The fraction of sp³-hybridized carbons (Fsp3) is 0.652. The van der Waals surface area contributed by atoms with E-state index in [0.29, 0.717) is 0 Å². The summed E-state index contributed by atoms with van der Waals surface area (Å²) in [5, 5.41) is 4.30. The highest BCUT2D eigenvalue weighted by Crippen LogP contribution is 2.96. The van der Waals surface area contributed by atoms with Gasteiger partial charge in [0.25, 0.3) is 0 Å². The van der Waals surface area contributed by atoms with Crippen LogP contribution in [0.15, 0.2) is 43.5 Å². The number of hydrogen-bond donors (Lipinski definition) is 0. The van der Waals surface area contributed by atoms with Gasteiger partial charge in [0, 0.05) is 38.2 Å². The maximum atomic E-state index is 14.7. The Morgan fingerprint density at radius 3 is 1.26 bits per heavy atom. The van der Waals surface area contributed by atoms with Crippen LogP contribution in [0.25, 0.3) is 0 Å². The van der Waals surface area contributed by atoms with Gasteiger partial charge in [-0.3, -0.25) is 0 Å². The van der Waals surface area contributed by atoms with Crippen LogP contribution in [0.4, 0.5) is 0 Å². The minimum Gasteiger partial charge on any atom is -0.314 e. The fourth-order valence-electron chi connectivity index (χ4n) is 8.09. The van der Waals surface area contributed by atoms with Gasteiger partial charge in [-0.1, -0.05) is 52.7 Å². The molecule has 4 heterocycles. The van der Waals surface area contributed by atoms with Gasteiger partial charge in [0.2, 0.25) is 0 Å². The van der Waals surface area contributed by atoms with E-state index in [9.17, 15) is 9.13 Å². The summed E-state index contributed by atoms with van der Waals surface area (Å²) in [6, 6.07) is 0. The van der Waals surface area contributed by atoms with E-state index in [-0.39, 0.29) is 27.6 Å². The average molecular weight is 402 g/mol. The second-order valence-electron chi connectivity index (χ2n) is 10.6. The van der Waals surface area contributed by atoms with Crippen molar-refractivity contribution in [3.63, 3.8) is 0 Å². The third kappa shape index (κ3) is 1.30. The van der Waals surface area contributed by atoms with Crippen molar-refractivity contribution in [1.29, 1.82) is 0 Å². The Morgan fingerprint density at radius 2 is 0.963 bits per heavy atom. The van der Waals surface area contributed by atoms with Gasteiger partial charge in [0.15, 0.2) is 0 Å². The highest BCUT2D eigenvalue weighted by molar-refractivity contribution is 7.79. The van der Waals surface area contributed by atoms with E-state index in [4.69, 9.17) is 0 Å². The highest BCUT2D eigenvalue weighted by atomic mass is 31.2. The number of fused-ring (bicyclic) bond motifs is 9. The van der Waals surface area contributed by atoms with Gasteiger partial charge in [-0.2, -0.15) is 0 Å². The molecule has 6 atom stereocenters. The lowest BCUT2D eigenvalue weighted by atomic mass is 9.58. The molecule has 2 nitrogen and oxygen atoms in total. The van der Waals surface area contributed by atoms with Crippen LogP contribution in [0.5, 0.6) is 0 Å². The molecule has 0 saturated heterocycles. The van der Waals surface area contributed by atoms with Crippen molar-refractivity contribution < 1.29 is 9.13 Å². The van der Waals surface area contributed by atoms with E-state index in [1.54, 1.807) is 0 Å². The Labute approximate surface area is 164 Å². The lowest BCUT2D eigenvalue weighted by Crippen LogP contribution is -2.38. The maximum Gasteiger partial charge on any atom is 0.143 e. The molecule has 0 aromatic carbocycles. The number of rotatable bonds is 0. The number of hydrogen-bond acceptors (Lipinski definition) is 2. The first-order chi connectivity index (χ1) is 12.2. The molecule has 0 aromatic rings. The molecule has 0 spiro atoms. The SMILES string of the molecule is CC1=C(C)P2(=O)C3=C(C(C)(C)C4=C3P3(=O)C(C)=C(C)[C@]4(C)C3C)[C@@]1(C)C2C. The van der Waals surface area contributed by atoms with Gasteiger partial charge < -0.3 is 9.13 Å². The predicted molar refractivity (Wildman–Crippen MR) is 115 cm³/mol. The van der Waals surface area contributed by atoms with Crippen LogP contribution in [0.1, 0.15) is 69.2 Å². The first-order valence-corrected chi connectivity index (χ1v) is 13.8. The summed E-state index contributed by atoms with van der Waals surface area (Å²) >= 11 is 0. The summed E-state index contributed by atoms with van der Waals surface area (Å²) in [4.78, 5) is 0. The van der Waals surface area contributed by atoms with Crippen molar-refractivity contribution in [2.75, 3.05) is 0 Å². The zero-order valence-electron chi connectivity index (χ0n) is 18.4. The summed E-state index contributed by atoms with van der Waals surface area (Å²) in [7, 11) is -5.41. The largest absolute Gasteiger partial charge is 0.314 e. The standard InChI is InChI=1S/C23H32O2P2/c1-11-13(3)26(24)15(5)22(11,9)19-17(26)18-20(21(19,7)8)23(10)12(2)14(4)27(18,25)16(23)6/h15-16H,1-10H3/t15?,16?,22-,23-,26?,27?/m1/s1. The summed E-state index contributed by atoms with van der Waals surface area (Å²) in [6.45, 7) is 22.1. The molecule has 4 heteroatoms. The van der Waals surface area contributed by atoms with E-state index < -0.39 is 14.3 Å². The monoisotopic (exact) mass is 402 g/mol. The van der Waals surface area contributed by atoms with Crippen LogP contribution in [-0.2, 0) is 9.13 Å². The smallest absolute Gasteiger partial charge is 0.143 e. The van der Waals surface area contributed by atoms with Gasteiger partial charge in [-0.05, 0) is 49.5 Å². The molecular formula is C23H32O2P2. The molecule has 0 fully saturated rings. The molecule has 27 heavy (non-hydrogen) atoms. The molecule has 5 rings (SSSR count). The summed E-state index contributed by atoms with van der Waals surface area (Å²) in [6.07, 6.45) is 0. The first-order valence-electron chi connectivity index (χ1n) is 10.3. The van der Waals surface area contributed by atoms with E-state index in [2.05, 4.69) is 69.2 Å². The zero-order chi connectivity index (χ0) is 20.3. The van der Waals surface area contributed by atoms with Crippen LogP contribution in [0.2, 0.25) is 0 Å². The van der Waals surface area contributed by atoms with E-state index in [1.165, 1.54) is 22.3 Å². The third-order valence-electron chi connectivity index (χ3n) is 10.1. The maximum absolute atomic E-state index is 14.7. The second kappa shape index (κ2) is 4.29. The Morgan fingerprint density at radius 1 is 0.667 bits per heavy atom. The molecule has 4 bridgehead atoms. The summed E-state index contributed by atoms with van der Waals surface area (Å²) < 4.78 is 29.4. The van der Waals surface area contributed by atoms with Crippen molar-refractivity contribution in [2.24, 2.45) is 16.2 Å². The molecule has 5 aliphatic rings. The molecule has 0 radical (unpaired) electrons. The van der Waals surface area contributed by atoms with Crippen LogP contribution >= 0.6 is 14.3 Å². The number of allylic oxidation sites excluding steroid dienone is 8. The third-order valence-corrected chi connectivity index (χ3v) is 18.3. The van der Waals surface area contributed by atoms with E-state index in [1.807, 2.05) is 0 Å². The Balaban J connectivity index is 1.94. The van der Waals surface area contributed by atoms with Gasteiger partial charge in [-0.15, -0.1) is 0 Å². The van der Waals surface area contributed by atoms with Gasteiger partial charge in [0.1, 0.15) is 14.3 Å². The topological polar surface area (TPSA) is 34.1 Å². The Kier molecular flexibility index (Phi) is 2.93. The molecule has 4 unspecified atom stereocenters. The predicted octanol–water partition coefficient (Wildman–Crippen LogP) is 7.69.